The molecule has 0 N–H and O–H groups in total. The molecule has 0 aromatic rings. The van der Waals surface area contributed by atoms with Crippen molar-refractivity contribution in [2.24, 2.45) is 0 Å². The summed E-state index contributed by atoms with van der Waals surface area (Å²) in [5.41, 5.74) is 4.09. The van der Waals surface area contributed by atoms with Gasteiger partial charge in [0.15, 0.2) is 0 Å². The molecule has 5 nitrogen and oxygen atoms in total. The lowest BCUT2D eigenvalue weighted by Gasteiger charge is -2.25. The Hall–Kier alpha value is -1.29. The van der Waals surface area contributed by atoms with E-state index >= 15 is 0 Å². The summed E-state index contributed by atoms with van der Waals surface area (Å²) in [5, 5.41) is 0. The molecule has 1 unspecified atom stereocenters. The molecule has 29 heavy (non-hydrogen) atoms. The van der Waals surface area contributed by atoms with Crippen LogP contribution in [-0.4, -0.2) is 19.3 Å². The summed E-state index contributed by atoms with van der Waals surface area (Å²) in [4.78, 5) is 0. The number of phosphoric ester groups is 1. The van der Waals surface area contributed by atoms with Crippen molar-refractivity contribution in [3.05, 3.63) is 47.0 Å². The van der Waals surface area contributed by atoms with Gasteiger partial charge in [-0.05, 0) is 92.2 Å². The first-order valence-electron chi connectivity index (χ1n) is 10.7. The Morgan fingerprint density at radius 1 is 1.07 bits per heavy atom. The molecule has 166 valence electrons. The minimum Gasteiger partial charge on any atom is -0.458 e. The van der Waals surface area contributed by atoms with Crippen LogP contribution in [0.15, 0.2) is 47.0 Å². The van der Waals surface area contributed by atoms with Gasteiger partial charge in [-0.1, -0.05) is 28.9 Å². The van der Waals surface area contributed by atoms with Gasteiger partial charge in [-0.3, -0.25) is 9.05 Å². The zero-order valence-electron chi connectivity index (χ0n) is 19.0. The van der Waals surface area contributed by atoms with Crippen molar-refractivity contribution in [2.75, 3.05) is 13.2 Å². The van der Waals surface area contributed by atoms with E-state index in [9.17, 15) is 4.57 Å². The Balaban J connectivity index is 2.52. The Bertz CT molecular complexity index is 646. The van der Waals surface area contributed by atoms with Gasteiger partial charge in [-0.25, -0.2) is 4.57 Å². The molecule has 0 fully saturated rings. The number of ether oxygens (including phenoxy) is 1. The topological polar surface area (TPSA) is 54.0 Å². The lowest BCUT2D eigenvalue weighted by atomic mass is 10.0. The maximum absolute atomic E-state index is 12.5. The van der Waals surface area contributed by atoms with Crippen LogP contribution in [-0.2, 0) is 22.9 Å². The molecule has 0 saturated heterocycles. The van der Waals surface area contributed by atoms with E-state index in [0.29, 0.717) is 0 Å². The van der Waals surface area contributed by atoms with Gasteiger partial charge in [-0.15, -0.1) is 0 Å². The van der Waals surface area contributed by atoms with Crippen LogP contribution >= 0.6 is 7.82 Å². The van der Waals surface area contributed by atoms with E-state index in [1.165, 1.54) is 16.7 Å². The first-order chi connectivity index (χ1) is 13.8. The predicted octanol–water partition coefficient (Wildman–Crippen LogP) is 7.62. The second kappa shape index (κ2) is 13.8. The van der Waals surface area contributed by atoms with Gasteiger partial charge in [0, 0.05) is 0 Å². The first-order valence-corrected chi connectivity index (χ1v) is 12.2. The molecule has 1 heterocycles. The van der Waals surface area contributed by atoms with Crippen molar-refractivity contribution < 1.29 is 22.9 Å². The van der Waals surface area contributed by atoms with E-state index in [2.05, 4.69) is 45.9 Å². The van der Waals surface area contributed by atoms with E-state index in [4.69, 9.17) is 18.3 Å². The quantitative estimate of drug-likeness (QED) is 0.224. The van der Waals surface area contributed by atoms with Crippen molar-refractivity contribution in [2.45, 2.75) is 86.2 Å². The lowest BCUT2D eigenvalue weighted by Crippen LogP contribution is -2.16. The van der Waals surface area contributed by atoms with Gasteiger partial charge < -0.3 is 9.26 Å². The summed E-state index contributed by atoms with van der Waals surface area (Å²) >= 11 is 0. The molecular weight excluding hydrogens is 387 g/mol. The smallest absolute Gasteiger partial charge is 0.458 e. The summed E-state index contributed by atoms with van der Waals surface area (Å²) in [5.74, 6) is 0.227. The molecule has 0 amide bonds. The third kappa shape index (κ3) is 11.5. The fourth-order valence-corrected chi connectivity index (χ4v) is 4.10. The highest BCUT2D eigenvalue weighted by atomic mass is 31.2. The van der Waals surface area contributed by atoms with Crippen LogP contribution in [0.3, 0.4) is 0 Å². The van der Waals surface area contributed by atoms with Crippen LogP contribution < -0.4 is 0 Å². The maximum Gasteiger partial charge on any atom is 0.532 e. The van der Waals surface area contributed by atoms with E-state index in [1.807, 2.05) is 0 Å². The van der Waals surface area contributed by atoms with Gasteiger partial charge in [0.25, 0.3) is 5.95 Å². The van der Waals surface area contributed by atoms with Gasteiger partial charge >= 0.3 is 7.82 Å². The van der Waals surface area contributed by atoms with Gasteiger partial charge in [-0.2, -0.15) is 0 Å². The highest BCUT2D eigenvalue weighted by Gasteiger charge is 2.30. The van der Waals surface area contributed by atoms with E-state index < -0.39 is 7.82 Å². The second-order valence-corrected chi connectivity index (χ2v) is 9.15. The van der Waals surface area contributed by atoms with Crippen LogP contribution in [0.4, 0.5) is 0 Å². The average molecular weight is 427 g/mol. The predicted molar refractivity (Wildman–Crippen MR) is 120 cm³/mol. The van der Waals surface area contributed by atoms with Crippen molar-refractivity contribution in [3.8, 4) is 0 Å². The Morgan fingerprint density at radius 3 is 2.31 bits per heavy atom. The molecular formula is C23H39O5P. The number of rotatable bonds is 13. The molecule has 6 heteroatoms. The third-order valence-corrected chi connectivity index (χ3v) is 5.95. The molecule has 1 atom stereocenters. The maximum atomic E-state index is 12.5. The fourth-order valence-electron chi connectivity index (χ4n) is 2.95. The van der Waals surface area contributed by atoms with Crippen LogP contribution in [0.5, 0.6) is 0 Å². The number of allylic oxidation sites excluding steroid dienone is 6. The van der Waals surface area contributed by atoms with E-state index in [0.717, 1.165) is 38.5 Å². The van der Waals surface area contributed by atoms with E-state index in [1.54, 1.807) is 19.9 Å². The monoisotopic (exact) mass is 426 g/mol. The summed E-state index contributed by atoms with van der Waals surface area (Å²) in [6.45, 7) is 12.6. The van der Waals surface area contributed by atoms with Crippen molar-refractivity contribution in [1.82, 2.24) is 0 Å². The second-order valence-electron chi connectivity index (χ2n) is 7.55. The van der Waals surface area contributed by atoms with Gasteiger partial charge in [0.05, 0.1) is 13.2 Å². The van der Waals surface area contributed by atoms with Crippen molar-refractivity contribution >= 4 is 7.82 Å². The largest absolute Gasteiger partial charge is 0.532 e. The minimum atomic E-state index is -3.62. The Kier molecular flexibility index (Phi) is 12.3. The normalized spacial score (nSPS) is 18.1. The van der Waals surface area contributed by atoms with Crippen molar-refractivity contribution in [1.29, 1.82) is 0 Å². The molecule has 0 aromatic carbocycles. The highest BCUT2D eigenvalue weighted by Crippen LogP contribution is 2.51. The fraction of sp³-hybridized carbons (Fsp3) is 0.652. The van der Waals surface area contributed by atoms with Crippen LogP contribution in [0.1, 0.15) is 80.1 Å². The third-order valence-electron chi connectivity index (χ3n) is 4.40. The number of hydrogen-bond acceptors (Lipinski definition) is 5. The van der Waals surface area contributed by atoms with Gasteiger partial charge in [0.1, 0.15) is 6.10 Å². The Labute approximate surface area is 177 Å². The highest BCUT2D eigenvalue weighted by molar-refractivity contribution is 7.48. The molecule has 1 aliphatic rings. The lowest BCUT2D eigenvalue weighted by molar-refractivity contribution is 0.0248. The average Bonchev–Trinajstić information content (AvgIpc) is 2.61. The standard InChI is InChI=1S/C23H39O5P/c1-7-25-29(24,26-8-2)28-23-17-11-16-22(27-23)18-21(6)15-10-14-20(5)13-9-12-19(3)4/h12,14,17-18,22H,7-11,13,15-16H2,1-6H3/b20-14+,21-18+. The molecule has 1 rings (SSSR count). The minimum absolute atomic E-state index is 0.0885. The molecule has 1 aliphatic heterocycles. The molecule has 0 saturated carbocycles. The van der Waals surface area contributed by atoms with Crippen LogP contribution in [0.2, 0.25) is 0 Å². The zero-order valence-corrected chi connectivity index (χ0v) is 19.9. The SMILES string of the molecule is CCOP(=O)(OCC)OC1=CCCC(/C=C(\C)CC/C=C(\C)CCC=C(C)C)O1. The molecule has 0 bridgehead atoms. The van der Waals surface area contributed by atoms with Gasteiger partial charge in [0.2, 0.25) is 0 Å². The molecule has 0 spiro atoms. The molecule has 0 aromatic heterocycles. The number of hydrogen-bond donors (Lipinski definition) is 0. The molecule has 0 radical (unpaired) electrons. The Morgan fingerprint density at radius 2 is 1.69 bits per heavy atom. The first kappa shape index (κ1) is 25.7. The van der Waals surface area contributed by atoms with Crippen LogP contribution in [0.25, 0.3) is 0 Å². The summed E-state index contributed by atoms with van der Waals surface area (Å²) < 4.78 is 34.2. The molecule has 0 aliphatic carbocycles. The van der Waals surface area contributed by atoms with E-state index in [-0.39, 0.29) is 25.3 Å². The zero-order chi connectivity index (χ0) is 21.7. The summed E-state index contributed by atoms with van der Waals surface area (Å²) in [6, 6.07) is 0. The summed E-state index contributed by atoms with van der Waals surface area (Å²) in [7, 11) is -3.62. The number of phosphoric acid groups is 1. The summed E-state index contributed by atoms with van der Waals surface area (Å²) in [6.07, 6.45) is 14.4. The van der Waals surface area contributed by atoms with Crippen molar-refractivity contribution in [3.63, 3.8) is 0 Å². The van der Waals surface area contributed by atoms with Crippen LogP contribution in [0, 0.1) is 0 Å².